The predicted octanol–water partition coefficient (Wildman–Crippen LogP) is 5.51. The summed E-state index contributed by atoms with van der Waals surface area (Å²) in [6.45, 7) is 2.83. The fraction of sp³-hybridized carbons (Fsp3) is 0.185. The molecule has 0 bridgehead atoms. The Morgan fingerprint density at radius 1 is 0.970 bits per heavy atom. The highest BCUT2D eigenvalue weighted by Crippen LogP contribution is 2.36. The van der Waals surface area contributed by atoms with E-state index in [0.717, 1.165) is 46.7 Å². The number of nitrogens with zero attached hydrogens (tertiary/aromatic N) is 2. The van der Waals surface area contributed by atoms with Crippen LogP contribution in [0.25, 0.3) is 10.9 Å². The van der Waals surface area contributed by atoms with Gasteiger partial charge in [0.25, 0.3) is 5.91 Å². The lowest BCUT2D eigenvalue weighted by Gasteiger charge is -2.19. The van der Waals surface area contributed by atoms with Gasteiger partial charge in [0.2, 0.25) is 0 Å². The van der Waals surface area contributed by atoms with Crippen molar-refractivity contribution < 1.29 is 14.3 Å². The van der Waals surface area contributed by atoms with Crippen LogP contribution in [0.5, 0.6) is 11.5 Å². The quantitative estimate of drug-likeness (QED) is 0.444. The molecule has 0 saturated heterocycles. The Labute approximate surface area is 192 Å². The van der Waals surface area contributed by atoms with Crippen LogP contribution in [0.15, 0.2) is 66.7 Å². The number of aryl methyl sites for hydroxylation is 1. The molecule has 1 aromatic heterocycles. The normalized spacial score (nSPS) is 12.5. The van der Waals surface area contributed by atoms with Crippen LogP contribution < -0.4 is 19.7 Å². The number of methoxy groups -OCH3 is 2. The Morgan fingerprint density at radius 3 is 2.55 bits per heavy atom. The van der Waals surface area contributed by atoms with Crippen LogP contribution in [-0.4, -0.2) is 31.7 Å². The smallest absolute Gasteiger partial charge is 0.255 e. The minimum atomic E-state index is -0.177. The second-order valence-corrected chi connectivity index (χ2v) is 8.14. The van der Waals surface area contributed by atoms with Crippen molar-refractivity contribution in [2.24, 2.45) is 0 Å². The zero-order valence-electron chi connectivity index (χ0n) is 18.9. The number of ether oxygens (including phenoxy) is 2. The zero-order chi connectivity index (χ0) is 22.9. The molecule has 1 amide bonds. The summed E-state index contributed by atoms with van der Waals surface area (Å²) in [5.41, 5.74) is 5.42. The largest absolute Gasteiger partial charge is 0.497 e. The van der Waals surface area contributed by atoms with Crippen LogP contribution in [0.1, 0.15) is 21.5 Å². The van der Waals surface area contributed by atoms with E-state index in [2.05, 4.69) is 16.3 Å². The number of carbonyl (C=O) groups is 1. The first-order valence-electron chi connectivity index (χ1n) is 10.9. The monoisotopic (exact) mass is 439 g/mol. The molecule has 0 radical (unpaired) electrons. The fourth-order valence-corrected chi connectivity index (χ4v) is 4.22. The van der Waals surface area contributed by atoms with E-state index >= 15 is 0 Å². The minimum Gasteiger partial charge on any atom is -0.497 e. The molecule has 3 aromatic carbocycles. The van der Waals surface area contributed by atoms with Gasteiger partial charge in [0.15, 0.2) is 0 Å². The van der Waals surface area contributed by atoms with Gasteiger partial charge in [-0.1, -0.05) is 6.07 Å². The summed E-state index contributed by atoms with van der Waals surface area (Å²) in [7, 11) is 3.25. The van der Waals surface area contributed by atoms with Gasteiger partial charge in [-0.05, 0) is 79.1 Å². The molecule has 0 unspecified atom stereocenters. The van der Waals surface area contributed by atoms with Crippen molar-refractivity contribution in [2.75, 3.05) is 31.0 Å². The SMILES string of the molecule is COc1ccc2cc3c(nc2c1)N(c1ccc(C(=O)Nc2cc(C)ccc2OC)cc1)CC3. The average Bonchev–Trinajstić information content (AvgIpc) is 3.25. The van der Waals surface area contributed by atoms with E-state index in [9.17, 15) is 4.79 Å². The average molecular weight is 440 g/mol. The minimum absolute atomic E-state index is 0.177. The van der Waals surface area contributed by atoms with Gasteiger partial charge in [-0.15, -0.1) is 0 Å². The van der Waals surface area contributed by atoms with Crippen molar-refractivity contribution in [1.29, 1.82) is 0 Å². The van der Waals surface area contributed by atoms with Crippen LogP contribution in [0.2, 0.25) is 0 Å². The molecule has 1 aliphatic rings. The molecule has 0 spiro atoms. The summed E-state index contributed by atoms with van der Waals surface area (Å²) in [4.78, 5) is 19.9. The van der Waals surface area contributed by atoms with Crippen LogP contribution in [0.3, 0.4) is 0 Å². The number of hydrogen-bond donors (Lipinski definition) is 1. The number of carbonyl (C=O) groups excluding carboxylic acids is 1. The van der Waals surface area contributed by atoms with Crippen molar-refractivity contribution in [3.05, 3.63) is 83.4 Å². The van der Waals surface area contributed by atoms with Gasteiger partial charge in [0, 0.05) is 29.2 Å². The Balaban J connectivity index is 1.39. The van der Waals surface area contributed by atoms with Crippen LogP contribution >= 0.6 is 0 Å². The highest BCUT2D eigenvalue weighted by atomic mass is 16.5. The standard InChI is InChI=1S/C27H25N3O3/c1-17-4-11-25(33-3)24(14-17)29-27(31)18-5-8-21(9-6-18)30-13-12-20-15-19-7-10-22(32-2)16-23(19)28-26(20)30/h4-11,14-16H,12-13H2,1-3H3,(H,29,31). The number of hydrogen-bond acceptors (Lipinski definition) is 5. The molecule has 5 rings (SSSR count). The lowest BCUT2D eigenvalue weighted by Crippen LogP contribution is -2.16. The van der Waals surface area contributed by atoms with Crippen molar-refractivity contribution in [1.82, 2.24) is 4.98 Å². The number of benzene rings is 3. The molecule has 1 aliphatic heterocycles. The molecular formula is C27H25N3O3. The van der Waals surface area contributed by atoms with Gasteiger partial charge in [0.05, 0.1) is 25.4 Å². The first-order valence-corrected chi connectivity index (χ1v) is 10.9. The molecule has 0 atom stereocenters. The van der Waals surface area contributed by atoms with Crippen molar-refractivity contribution in [3.8, 4) is 11.5 Å². The fourth-order valence-electron chi connectivity index (χ4n) is 4.22. The van der Waals surface area contributed by atoms with E-state index in [0.29, 0.717) is 17.0 Å². The number of nitrogens with one attached hydrogen (secondary N) is 1. The predicted molar refractivity (Wildman–Crippen MR) is 131 cm³/mol. The van der Waals surface area contributed by atoms with E-state index in [1.165, 1.54) is 5.56 Å². The number of pyridine rings is 1. The zero-order valence-corrected chi connectivity index (χ0v) is 18.9. The second kappa shape index (κ2) is 8.47. The molecule has 1 N–H and O–H groups in total. The van der Waals surface area contributed by atoms with E-state index in [4.69, 9.17) is 14.5 Å². The van der Waals surface area contributed by atoms with Gasteiger partial charge in [-0.2, -0.15) is 0 Å². The lowest BCUT2D eigenvalue weighted by molar-refractivity contribution is 0.102. The summed E-state index contributed by atoms with van der Waals surface area (Å²) in [5, 5.41) is 4.06. The van der Waals surface area contributed by atoms with E-state index in [-0.39, 0.29) is 5.91 Å². The Hall–Kier alpha value is -4.06. The maximum Gasteiger partial charge on any atom is 0.255 e. The van der Waals surface area contributed by atoms with Crippen molar-refractivity contribution >= 4 is 34.0 Å². The molecule has 166 valence electrons. The van der Waals surface area contributed by atoms with E-state index in [1.807, 2.05) is 67.6 Å². The van der Waals surface area contributed by atoms with Crippen LogP contribution in [0.4, 0.5) is 17.2 Å². The summed E-state index contributed by atoms with van der Waals surface area (Å²) < 4.78 is 10.7. The van der Waals surface area contributed by atoms with Gasteiger partial charge < -0.3 is 19.7 Å². The molecule has 6 nitrogen and oxygen atoms in total. The molecule has 0 saturated carbocycles. The number of anilines is 3. The third-order valence-electron chi connectivity index (χ3n) is 5.99. The first kappa shape index (κ1) is 20.8. The van der Waals surface area contributed by atoms with E-state index < -0.39 is 0 Å². The van der Waals surface area contributed by atoms with Gasteiger partial charge in [-0.25, -0.2) is 4.98 Å². The highest BCUT2D eigenvalue weighted by molar-refractivity contribution is 6.05. The third-order valence-corrected chi connectivity index (χ3v) is 5.99. The Morgan fingerprint density at radius 2 is 1.79 bits per heavy atom. The molecule has 2 heterocycles. The third kappa shape index (κ3) is 3.96. The number of amides is 1. The molecule has 4 aromatic rings. The molecule has 0 fully saturated rings. The summed E-state index contributed by atoms with van der Waals surface area (Å²) >= 11 is 0. The lowest BCUT2D eigenvalue weighted by atomic mass is 10.1. The Bertz CT molecular complexity index is 1350. The van der Waals surface area contributed by atoms with Gasteiger partial charge in [0.1, 0.15) is 17.3 Å². The number of rotatable bonds is 5. The molecule has 0 aliphatic carbocycles. The van der Waals surface area contributed by atoms with Gasteiger partial charge in [-0.3, -0.25) is 4.79 Å². The highest BCUT2D eigenvalue weighted by Gasteiger charge is 2.23. The molecular weight excluding hydrogens is 414 g/mol. The summed E-state index contributed by atoms with van der Waals surface area (Å²) in [6.07, 6.45) is 0.930. The van der Waals surface area contributed by atoms with Crippen molar-refractivity contribution in [3.63, 3.8) is 0 Å². The number of aromatic nitrogens is 1. The topological polar surface area (TPSA) is 63.7 Å². The second-order valence-electron chi connectivity index (χ2n) is 8.14. The van der Waals surface area contributed by atoms with Crippen LogP contribution in [0, 0.1) is 6.92 Å². The summed E-state index contributed by atoms with van der Waals surface area (Å²) in [6, 6.07) is 21.5. The summed E-state index contributed by atoms with van der Waals surface area (Å²) in [5.74, 6) is 2.20. The Kier molecular flexibility index (Phi) is 5.34. The van der Waals surface area contributed by atoms with Crippen LogP contribution in [-0.2, 0) is 6.42 Å². The first-order chi connectivity index (χ1) is 16.1. The van der Waals surface area contributed by atoms with Gasteiger partial charge >= 0.3 is 0 Å². The molecule has 6 heteroatoms. The number of fused-ring (bicyclic) bond motifs is 2. The maximum atomic E-state index is 12.8. The maximum absolute atomic E-state index is 12.8. The molecule has 33 heavy (non-hydrogen) atoms. The van der Waals surface area contributed by atoms with E-state index in [1.54, 1.807) is 14.2 Å². The van der Waals surface area contributed by atoms with Crippen molar-refractivity contribution in [2.45, 2.75) is 13.3 Å².